The van der Waals surface area contributed by atoms with Gasteiger partial charge in [-0.05, 0) is 81.5 Å². The van der Waals surface area contributed by atoms with Crippen molar-refractivity contribution in [2.45, 2.75) is 66.5 Å². The lowest BCUT2D eigenvalue weighted by molar-refractivity contribution is -0.133. The third-order valence-electron chi connectivity index (χ3n) is 6.18. The lowest BCUT2D eigenvalue weighted by atomic mass is 9.88. The number of hydrogen-bond donors (Lipinski definition) is 1. The molecule has 3 rings (SSSR count). The average molecular weight is 499 g/mol. The van der Waals surface area contributed by atoms with E-state index >= 15 is 0 Å². The number of ether oxygens (including phenoxy) is 4. The third-order valence-corrected chi connectivity index (χ3v) is 6.18. The highest BCUT2D eigenvalue weighted by molar-refractivity contribution is 5.79. The van der Waals surface area contributed by atoms with Crippen molar-refractivity contribution in [3.05, 3.63) is 47.0 Å². The minimum atomic E-state index is -0.127. The van der Waals surface area contributed by atoms with Crippen LogP contribution in [0.15, 0.2) is 30.3 Å². The van der Waals surface area contributed by atoms with Gasteiger partial charge >= 0.3 is 0 Å². The van der Waals surface area contributed by atoms with Crippen molar-refractivity contribution in [3.8, 4) is 23.0 Å². The summed E-state index contributed by atoms with van der Waals surface area (Å²) in [4.78, 5) is 15.4. The molecule has 1 aliphatic rings. The van der Waals surface area contributed by atoms with E-state index in [1.807, 2.05) is 44.7 Å². The molecule has 0 aliphatic carbocycles. The van der Waals surface area contributed by atoms with E-state index in [0.717, 1.165) is 40.5 Å². The maximum atomic E-state index is 13.4. The van der Waals surface area contributed by atoms with Crippen molar-refractivity contribution in [2.24, 2.45) is 0 Å². The number of fused-ring (bicyclic) bond motifs is 1. The summed E-state index contributed by atoms with van der Waals surface area (Å²) < 4.78 is 23.5. The van der Waals surface area contributed by atoms with Crippen LogP contribution in [0.4, 0.5) is 0 Å². The van der Waals surface area contributed by atoms with Gasteiger partial charge in [-0.25, -0.2) is 0 Å². The fourth-order valence-corrected chi connectivity index (χ4v) is 4.60. The third kappa shape index (κ3) is 6.84. The predicted molar refractivity (Wildman–Crippen MR) is 143 cm³/mol. The standard InChI is InChI=1S/C29H42N2O5/c1-7-33-25-12-11-21(16-26(25)34-8-2)15-24-23-18-28(36-10-4)27(35-9-3)17-22(23)13-14-31(24)29(32)19-30-20(5)6/h11-12,16-18,20,24,30H,7-10,13-15,19H2,1-6H3/t24-/m0/s1. The highest BCUT2D eigenvalue weighted by Crippen LogP contribution is 2.40. The van der Waals surface area contributed by atoms with Gasteiger partial charge in [0, 0.05) is 12.6 Å². The summed E-state index contributed by atoms with van der Waals surface area (Å²) in [7, 11) is 0. The van der Waals surface area contributed by atoms with E-state index in [2.05, 4.69) is 37.4 Å². The molecular formula is C29H42N2O5. The van der Waals surface area contributed by atoms with Crippen LogP contribution in [0.1, 0.15) is 64.3 Å². The van der Waals surface area contributed by atoms with Crippen LogP contribution in [-0.4, -0.2) is 56.4 Å². The molecule has 2 aromatic rings. The fourth-order valence-electron chi connectivity index (χ4n) is 4.60. The first-order valence-electron chi connectivity index (χ1n) is 13.2. The zero-order valence-corrected chi connectivity index (χ0v) is 22.7. The first-order valence-corrected chi connectivity index (χ1v) is 13.2. The number of amides is 1. The van der Waals surface area contributed by atoms with Crippen LogP contribution in [0.25, 0.3) is 0 Å². The number of hydrogen-bond acceptors (Lipinski definition) is 6. The van der Waals surface area contributed by atoms with Gasteiger partial charge in [0.05, 0.1) is 39.0 Å². The number of carbonyl (C=O) groups is 1. The Kier molecular flexibility index (Phi) is 10.3. The summed E-state index contributed by atoms with van der Waals surface area (Å²) in [5.41, 5.74) is 3.39. The normalized spacial score (nSPS) is 15.0. The topological polar surface area (TPSA) is 69.3 Å². The molecule has 7 nitrogen and oxygen atoms in total. The molecule has 0 bridgehead atoms. The van der Waals surface area contributed by atoms with Crippen LogP contribution in [0.2, 0.25) is 0 Å². The van der Waals surface area contributed by atoms with Crippen molar-refractivity contribution >= 4 is 5.91 Å². The Bertz CT molecular complexity index is 1010. The van der Waals surface area contributed by atoms with Gasteiger partial charge in [0.25, 0.3) is 0 Å². The Hall–Kier alpha value is -2.93. The summed E-state index contributed by atoms with van der Waals surface area (Å²) in [6.07, 6.45) is 1.44. The fraction of sp³-hybridized carbons (Fsp3) is 0.552. The smallest absolute Gasteiger partial charge is 0.237 e. The zero-order chi connectivity index (χ0) is 26.1. The van der Waals surface area contributed by atoms with Gasteiger partial charge in [0.15, 0.2) is 23.0 Å². The number of benzene rings is 2. The number of nitrogens with one attached hydrogen (secondary N) is 1. The second kappa shape index (κ2) is 13.4. The second-order valence-electron chi connectivity index (χ2n) is 9.10. The summed E-state index contributed by atoms with van der Waals surface area (Å²) in [5.74, 6) is 3.05. The quantitative estimate of drug-likeness (QED) is 0.422. The molecule has 198 valence electrons. The molecule has 0 unspecified atom stereocenters. The van der Waals surface area contributed by atoms with Gasteiger partial charge in [-0.15, -0.1) is 0 Å². The highest BCUT2D eigenvalue weighted by atomic mass is 16.5. The van der Waals surface area contributed by atoms with Crippen molar-refractivity contribution < 1.29 is 23.7 Å². The maximum Gasteiger partial charge on any atom is 0.237 e. The minimum Gasteiger partial charge on any atom is -0.490 e. The van der Waals surface area contributed by atoms with E-state index in [1.54, 1.807) is 0 Å². The first kappa shape index (κ1) is 27.7. The Morgan fingerprint density at radius 2 is 1.47 bits per heavy atom. The molecule has 1 heterocycles. The van der Waals surface area contributed by atoms with Crippen LogP contribution < -0.4 is 24.3 Å². The highest BCUT2D eigenvalue weighted by Gasteiger charge is 2.32. The van der Waals surface area contributed by atoms with Crippen molar-refractivity contribution in [3.63, 3.8) is 0 Å². The molecule has 0 spiro atoms. The molecule has 7 heteroatoms. The molecule has 1 amide bonds. The van der Waals surface area contributed by atoms with Crippen LogP contribution >= 0.6 is 0 Å². The van der Waals surface area contributed by atoms with Gasteiger partial charge in [-0.2, -0.15) is 0 Å². The maximum absolute atomic E-state index is 13.4. The van der Waals surface area contributed by atoms with E-state index in [4.69, 9.17) is 18.9 Å². The van der Waals surface area contributed by atoms with E-state index in [0.29, 0.717) is 45.9 Å². The molecule has 1 aliphatic heterocycles. The molecule has 0 aromatic heterocycles. The summed E-state index contributed by atoms with van der Waals surface area (Å²) >= 11 is 0. The van der Waals surface area contributed by atoms with E-state index in [9.17, 15) is 4.79 Å². The molecule has 0 radical (unpaired) electrons. The van der Waals surface area contributed by atoms with Gasteiger partial charge in [0.2, 0.25) is 5.91 Å². The Morgan fingerprint density at radius 1 is 0.889 bits per heavy atom. The monoisotopic (exact) mass is 498 g/mol. The van der Waals surface area contributed by atoms with E-state index < -0.39 is 0 Å². The first-order chi connectivity index (χ1) is 17.4. The van der Waals surface area contributed by atoms with E-state index in [1.165, 1.54) is 5.56 Å². The summed E-state index contributed by atoms with van der Waals surface area (Å²) in [6, 6.07) is 10.3. The van der Waals surface area contributed by atoms with Crippen LogP contribution in [0.5, 0.6) is 23.0 Å². The Balaban J connectivity index is 2.02. The van der Waals surface area contributed by atoms with Crippen LogP contribution in [-0.2, 0) is 17.6 Å². The lowest BCUT2D eigenvalue weighted by Crippen LogP contribution is -2.46. The van der Waals surface area contributed by atoms with Gasteiger partial charge < -0.3 is 29.2 Å². The Labute approximate surface area is 216 Å². The zero-order valence-electron chi connectivity index (χ0n) is 22.7. The largest absolute Gasteiger partial charge is 0.490 e. The SMILES string of the molecule is CCOc1ccc(C[C@H]2c3cc(OCC)c(OCC)cc3CCN2C(=O)CNC(C)C)cc1OCC. The van der Waals surface area contributed by atoms with Crippen LogP contribution in [0.3, 0.4) is 0 Å². The average Bonchev–Trinajstić information content (AvgIpc) is 2.85. The van der Waals surface area contributed by atoms with Crippen molar-refractivity contribution in [2.75, 3.05) is 39.5 Å². The molecule has 36 heavy (non-hydrogen) atoms. The van der Waals surface area contributed by atoms with Crippen molar-refractivity contribution in [1.82, 2.24) is 10.2 Å². The molecule has 0 fully saturated rings. The number of nitrogens with zero attached hydrogens (tertiary/aromatic N) is 1. The van der Waals surface area contributed by atoms with Gasteiger partial charge in [-0.3, -0.25) is 4.79 Å². The number of carbonyl (C=O) groups excluding carboxylic acids is 1. The summed E-state index contributed by atoms with van der Waals surface area (Å²) in [5, 5.41) is 3.28. The lowest BCUT2D eigenvalue weighted by Gasteiger charge is -2.38. The van der Waals surface area contributed by atoms with Gasteiger partial charge in [-0.1, -0.05) is 19.9 Å². The van der Waals surface area contributed by atoms with Gasteiger partial charge in [0.1, 0.15) is 0 Å². The van der Waals surface area contributed by atoms with Crippen molar-refractivity contribution in [1.29, 1.82) is 0 Å². The van der Waals surface area contributed by atoms with E-state index in [-0.39, 0.29) is 18.0 Å². The molecule has 1 N–H and O–H groups in total. The number of rotatable bonds is 13. The molecule has 1 atom stereocenters. The Morgan fingerprint density at radius 3 is 2.08 bits per heavy atom. The second-order valence-corrected chi connectivity index (χ2v) is 9.10. The minimum absolute atomic E-state index is 0.0992. The van der Waals surface area contributed by atoms with Crippen LogP contribution in [0, 0.1) is 0 Å². The predicted octanol–water partition coefficient (Wildman–Crippen LogP) is 4.95. The molecule has 0 saturated heterocycles. The molecular weight excluding hydrogens is 456 g/mol. The molecule has 2 aromatic carbocycles. The summed E-state index contributed by atoms with van der Waals surface area (Å²) in [6.45, 7) is 15.2. The molecule has 0 saturated carbocycles.